The zero-order chi connectivity index (χ0) is 12.0. The van der Waals surface area contributed by atoms with Crippen molar-refractivity contribution in [2.24, 2.45) is 5.73 Å². The minimum absolute atomic E-state index is 0.0591. The van der Waals surface area contributed by atoms with Gasteiger partial charge in [-0.05, 0) is 19.1 Å². The van der Waals surface area contributed by atoms with Crippen molar-refractivity contribution in [1.29, 1.82) is 0 Å². The Hall–Kier alpha value is -1.26. The second kappa shape index (κ2) is 6.35. The van der Waals surface area contributed by atoms with Crippen molar-refractivity contribution >= 4 is 17.5 Å². The van der Waals surface area contributed by atoms with Crippen LogP contribution in [0.2, 0.25) is 5.02 Å². The lowest BCUT2D eigenvalue weighted by atomic mass is 10.3. The molecule has 1 amide bonds. The number of nitrogens with one attached hydrogen (secondary N) is 1. The third-order valence-electron chi connectivity index (χ3n) is 1.82. The van der Waals surface area contributed by atoms with Gasteiger partial charge in [0.15, 0.2) is 6.61 Å². The van der Waals surface area contributed by atoms with E-state index in [9.17, 15) is 4.79 Å². The zero-order valence-electron chi connectivity index (χ0n) is 9.07. The Morgan fingerprint density at radius 1 is 1.56 bits per heavy atom. The van der Waals surface area contributed by atoms with Crippen LogP contribution in [-0.2, 0) is 4.79 Å². The lowest BCUT2D eigenvalue weighted by Crippen LogP contribution is -2.37. The van der Waals surface area contributed by atoms with Gasteiger partial charge >= 0.3 is 0 Å². The maximum atomic E-state index is 11.3. The first-order valence-electron chi connectivity index (χ1n) is 4.99. The van der Waals surface area contributed by atoms with Crippen molar-refractivity contribution in [2.45, 2.75) is 13.0 Å². The van der Waals surface area contributed by atoms with Crippen LogP contribution in [-0.4, -0.2) is 25.1 Å². The lowest BCUT2D eigenvalue weighted by molar-refractivity contribution is -0.123. The number of para-hydroxylation sites is 1. The van der Waals surface area contributed by atoms with Crippen LogP contribution in [0.1, 0.15) is 6.92 Å². The molecule has 0 bridgehead atoms. The SMILES string of the molecule is CC(N)CNC(=O)COc1ccccc1Cl. The third kappa shape index (κ3) is 4.51. The highest BCUT2D eigenvalue weighted by molar-refractivity contribution is 6.32. The van der Waals surface area contributed by atoms with Crippen LogP contribution in [0.4, 0.5) is 0 Å². The van der Waals surface area contributed by atoms with Gasteiger partial charge < -0.3 is 15.8 Å². The van der Waals surface area contributed by atoms with Crippen LogP contribution in [0.25, 0.3) is 0 Å². The van der Waals surface area contributed by atoms with Gasteiger partial charge in [-0.2, -0.15) is 0 Å². The monoisotopic (exact) mass is 242 g/mol. The Bertz CT molecular complexity index is 356. The Balaban J connectivity index is 2.35. The Labute approximate surface area is 99.7 Å². The molecule has 0 saturated carbocycles. The Morgan fingerprint density at radius 3 is 2.88 bits per heavy atom. The highest BCUT2D eigenvalue weighted by Crippen LogP contribution is 2.22. The molecule has 0 fully saturated rings. The molecule has 1 unspecified atom stereocenters. The summed E-state index contributed by atoms with van der Waals surface area (Å²) in [5.74, 6) is 0.289. The number of halogens is 1. The van der Waals surface area contributed by atoms with E-state index >= 15 is 0 Å². The van der Waals surface area contributed by atoms with Gasteiger partial charge in [0.05, 0.1) is 5.02 Å². The van der Waals surface area contributed by atoms with Crippen LogP contribution < -0.4 is 15.8 Å². The predicted molar refractivity (Wildman–Crippen MR) is 63.6 cm³/mol. The van der Waals surface area contributed by atoms with Crippen LogP contribution in [0.5, 0.6) is 5.75 Å². The molecule has 4 nitrogen and oxygen atoms in total. The summed E-state index contributed by atoms with van der Waals surface area (Å²) in [7, 11) is 0. The number of carbonyl (C=O) groups excluding carboxylic acids is 1. The Kier molecular flexibility index (Phi) is 5.08. The fraction of sp³-hybridized carbons (Fsp3) is 0.364. The molecule has 3 N–H and O–H groups in total. The van der Waals surface area contributed by atoms with Crippen molar-refractivity contribution in [2.75, 3.05) is 13.2 Å². The van der Waals surface area contributed by atoms with Crippen molar-refractivity contribution < 1.29 is 9.53 Å². The standard InChI is InChI=1S/C11H15ClN2O2/c1-8(13)6-14-11(15)7-16-10-5-3-2-4-9(10)12/h2-5,8H,6-7,13H2,1H3,(H,14,15). The predicted octanol–water partition coefficient (Wildman–Crippen LogP) is 1.18. The summed E-state index contributed by atoms with van der Waals surface area (Å²) in [6.45, 7) is 2.19. The summed E-state index contributed by atoms with van der Waals surface area (Å²) >= 11 is 5.86. The molecule has 0 aromatic heterocycles. The Morgan fingerprint density at radius 2 is 2.25 bits per heavy atom. The third-order valence-corrected chi connectivity index (χ3v) is 2.13. The van der Waals surface area contributed by atoms with Crippen molar-refractivity contribution in [1.82, 2.24) is 5.32 Å². The summed E-state index contributed by atoms with van der Waals surface area (Å²) in [4.78, 5) is 11.3. The second-order valence-electron chi connectivity index (χ2n) is 3.50. The van der Waals surface area contributed by atoms with Crippen LogP contribution in [0, 0.1) is 0 Å². The highest BCUT2D eigenvalue weighted by Gasteiger charge is 2.05. The van der Waals surface area contributed by atoms with Gasteiger partial charge in [-0.25, -0.2) is 0 Å². The number of hydrogen-bond donors (Lipinski definition) is 2. The van der Waals surface area contributed by atoms with Crippen LogP contribution in [0.15, 0.2) is 24.3 Å². The van der Waals surface area contributed by atoms with Crippen molar-refractivity contribution in [3.8, 4) is 5.75 Å². The average Bonchev–Trinajstić information content (AvgIpc) is 2.25. The van der Waals surface area contributed by atoms with E-state index in [-0.39, 0.29) is 18.6 Å². The van der Waals surface area contributed by atoms with E-state index in [4.69, 9.17) is 22.1 Å². The van der Waals surface area contributed by atoms with E-state index in [0.29, 0.717) is 17.3 Å². The fourth-order valence-corrected chi connectivity index (χ4v) is 1.22. The molecule has 1 aromatic carbocycles. The van der Waals surface area contributed by atoms with Gasteiger partial charge in [-0.15, -0.1) is 0 Å². The smallest absolute Gasteiger partial charge is 0.257 e. The molecule has 0 aliphatic heterocycles. The molecule has 0 saturated heterocycles. The van der Waals surface area contributed by atoms with E-state index in [2.05, 4.69) is 5.32 Å². The summed E-state index contributed by atoms with van der Waals surface area (Å²) in [5, 5.41) is 3.13. The van der Waals surface area contributed by atoms with E-state index < -0.39 is 0 Å². The second-order valence-corrected chi connectivity index (χ2v) is 3.91. The van der Waals surface area contributed by atoms with E-state index in [0.717, 1.165) is 0 Å². The van der Waals surface area contributed by atoms with Gasteiger partial charge in [0.1, 0.15) is 5.75 Å². The maximum absolute atomic E-state index is 11.3. The quantitative estimate of drug-likeness (QED) is 0.815. The summed E-state index contributed by atoms with van der Waals surface area (Å²) in [5.41, 5.74) is 5.50. The zero-order valence-corrected chi connectivity index (χ0v) is 9.83. The molecule has 88 valence electrons. The topological polar surface area (TPSA) is 64.3 Å². The minimum Gasteiger partial charge on any atom is -0.482 e. The van der Waals surface area contributed by atoms with Gasteiger partial charge in [0.2, 0.25) is 0 Å². The molecule has 1 rings (SSSR count). The minimum atomic E-state index is -0.211. The molecular weight excluding hydrogens is 228 g/mol. The van der Waals surface area contributed by atoms with E-state index in [1.165, 1.54) is 0 Å². The number of carbonyl (C=O) groups is 1. The first-order chi connectivity index (χ1) is 7.59. The molecule has 0 aliphatic rings. The molecule has 0 heterocycles. The first-order valence-corrected chi connectivity index (χ1v) is 5.37. The number of ether oxygens (including phenoxy) is 1. The summed E-state index contributed by atoms with van der Waals surface area (Å²) in [6, 6.07) is 6.94. The number of amides is 1. The number of benzene rings is 1. The average molecular weight is 243 g/mol. The maximum Gasteiger partial charge on any atom is 0.257 e. The van der Waals surface area contributed by atoms with Crippen LogP contribution in [0.3, 0.4) is 0 Å². The molecule has 1 aromatic rings. The molecule has 0 aliphatic carbocycles. The molecule has 0 spiro atoms. The van der Waals surface area contributed by atoms with E-state index in [1.54, 1.807) is 24.3 Å². The highest BCUT2D eigenvalue weighted by atomic mass is 35.5. The van der Waals surface area contributed by atoms with Gasteiger partial charge in [0, 0.05) is 12.6 Å². The number of rotatable bonds is 5. The molecule has 16 heavy (non-hydrogen) atoms. The summed E-state index contributed by atoms with van der Waals surface area (Å²) < 4.78 is 5.25. The fourth-order valence-electron chi connectivity index (χ4n) is 1.03. The summed E-state index contributed by atoms with van der Waals surface area (Å²) in [6.07, 6.45) is 0. The van der Waals surface area contributed by atoms with Gasteiger partial charge in [-0.1, -0.05) is 23.7 Å². The first kappa shape index (κ1) is 12.8. The largest absolute Gasteiger partial charge is 0.482 e. The van der Waals surface area contributed by atoms with Gasteiger partial charge in [0.25, 0.3) is 5.91 Å². The van der Waals surface area contributed by atoms with Crippen molar-refractivity contribution in [3.63, 3.8) is 0 Å². The molecule has 1 atom stereocenters. The van der Waals surface area contributed by atoms with Crippen LogP contribution >= 0.6 is 11.6 Å². The van der Waals surface area contributed by atoms with Gasteiger partial charge in [-0.3, -0.25) is 4.79 Å². The van der Waals surface area contributed by atoms with Crippen molar-refractivity contribution in [3.05, 3.63) is 29.3 Å². The van der Waals surface area contributed by atoms with E-state index in [1.807, 2.05) is 6.92 Å². The number of hydrogen-bond acceptors (Lipinski definition) is 3. The molecule has 0 radical (unpaired) electrons. The molecule has 5 heteroatoms. The lowest BCUT2D eigenvalue weighted by Gasteiger charge is -2.09. The normalized spacial score (nSPS) is 11.9. The number of nitrogens with two attached hydrogens (primary N) is 1. The molecular formula is C11H15ClN2O2.